The Morgan fingerprint density at radius 2 is 1.81 bits per heavy atom. The SMILES string of the molecule is COc1ccc(CNc2nc(-c3cccnc3)nn2C(=O)c2ccccc2OC)cc1. The van der Waals surface area contributed by atoms with Crippen molar-refractivity contribution in [1.82, 2.24) is 19.7 Å². The van der Waals surface area contributed by atoms with Crippen LogP contribution in [0.15, 0.2) is 73.1 Å². The molecule has 8 heteroatoms. The van der Waals surface area contributed by atoms with E-state index < -0.39 is 0 Å². The van der Waals surface area contributed by atoms with E-state index in [1.165, 1.54) is 11.8 Å². The molecule has 0 saturated heterocycles. The molecule has 4 aromatic rings. The standard InChI is InChI=1S/C23H21N5O3/c1-30-18-11-9-16(10-12-18)14-25-23-26-21(17-6-5-13-24-15-17)27-28(23)22(29)19-7-3-4-8-20(19)31-2/h3-13,15H,14H2,1-2H3,(H,25,26,27). The number of hydrogen-bond acceptors (Lipinski definition) is 7. The quantitative estimate of drug-likeness (QED) is 0.492. The summed E-state index contributed by atoms with van der Waals surface area (Å²) < 4.78 is 11.8. The normalized spacial score (nSPS) is 10.5. The molecule has 4 rings (SSSR count). The summed E-state index contributed by atoms with van der Waals surface area (Å²) in [7, 11) is 3.15. The molecule has 0 radical (unpaired) electrons. The highest BCUT2D eigenvalue weighted by molar-refractivity contribution is 5.99. The number of ether oxygens (including phenoxy) is 2. The van der Waals surface area contributed by atoms with Crippen molar-refractivity contribution in [3.63, 3.8) is 0 Å². The molecular weight excluding hydrogens is 394 g/mol. The summed E-state index contributed by atoms with van der Waals surface area (Å²) >= 11 is 0. The first-order valence-corrected chi connectivity index (χ1v) is 9.61. The average Bonchev–Trinajstić information content (AvgIpc) is 3.27. The smallest absolute Gasteiger partial charge is 0.285 e. The zero-order chi connectivity index (χ0) is 21.6. The van der Waals surface area contributed by atoms with Gasteiger partial charge >= 0.3 is 0 Å². The predicted molar refractivity (Wildman–Crippen MR) is 116 cm³/mol. The number of nitrogens with one attached hydrogen (secondary N) is 1. The fourth-order valence-corrected chi connectivity index (χ4v) is 3.05. The van der Waals surface area contributed by atoms with E-state index in [1.807, 2.05) is 30.3 Å². The summed E-state index contributed by atoms with van der Waals surface area (Å²) in [6.07, 6.45) is 3.32. The third-order valence-corrected chi connectivity index (χ3v) is 4.67. The van der Waals surface area contributed by atoms with Gasteiger partial charge in [-0.05, 0) is 42.0 Å². The van der Waals surface area contributed by atoms with E-state index >= 15 is 0 Å². The number of methoxy groups -OCH3 is 2. The van der Waals surface area contributed by atoms with Gasteiger partial charge in [-0.2, -0.15) is 9.67 Å². The van der Waals surface area contributed by atoms with Gasteiger partial charge in [-0.15, -0.1) is 5.10 Å². The Kier molecular flexibility index (Phi) is 5.89. The summed E-state index contributed by atoms with van der Waals surface area (Å²) in [6, 6.07) is 18.3. The molecule has 0 amide bonds. The number of carbonyl (C=O) groups is 1. The molecule has 0 fully saturated rings. The number of rotatable bonds is 7. The van der Waals surface area contributed by atoms with Crippen LogP contribution >= 0.6 is 0 Å². The topological polar surface area (TPSA) is 91.2 Å². The summed E-state index contributed by atoms with van der Waals surface area (Å²) in [5, 5.41) is 7.66. The minimum Gasteiger partial charge on any atom is -0.497 e. The van der Waals surface area contributed by atoms with Gasteiger partial charge in [-0.3, -0.25) is 9.78 Å². The van der Waals surface area contributed by atoms with E-state index in [-0.39, 0.29) is 5.91 Å². The Labute approximate surface area is 179 Å². The Hall–Kier alpha value is -4.20. The van der Waals surface area contributed by atoms with Gasteiger partial charge < -0.3 is 14.8 Å². The number of para-hydroxylation sites is 1. The van der Waals surface area contributed by atoms with Crippen LogP contribution in [0.25, 0.3) is 11.4 Å². The van der Waals surface area contributed by atoms with Crippen molar-refractivity contribution < 1.29 is 14.3 Å². The highest BCUT2D eigenvalue weighted by Gasteiger charge is 2.21. The minimum atomic E-state index is -0.350. The van der Waals surface area contributed by atoms with Crippen molar-refractivity contribution in [2.24, 2.45) is 0 Å². The second-order valence-electron chi connectivity index (χ2n) is 6.62. The second kappa shape index (κ2) is 9.08. The molecule has 8 nitrogen and oxygen atoms in total. The van der Waals surface area contributed by atoms with E-state index in [2.05, 4.69) is 20.4 Å². The van der Waals surface area contributed by atoms with Gasteiger partial charge in [0.1, 0.15) is 11.5 Å². The van der Waals surface area contributed by atoms with Gasteiger partial charge in [0.25, 0.3) is 5.91 Å². The lowest BCUT2D eigenvalue weighted by Crippen LogP contribution is -2.18. The number of carbonyl (C=O) groups excluding carboxylic acids is 1. The van der Waals surface area contributed by atoms with Crippen molar-refractivity contribution in [3.05, 3.63) is 84.2 Å². The molecule has 2 aromatic heterocycles. The van der Waals surface area contributed by atoms with Crippen LogP contribution < -0.4 is 14.8 Å². The zero-order valence-corrected chi connectivity index (χ0v) is 17.1. The predicted octanol–water partition coefficient (Wildman–Crippen LogP) is 3.66. The molecular formula is C23H21N5O3. The highest BCUT2D eigenvalue weighted by atomic mass is 16.5. The maximum atomic E-state index is 13.3. The van der Waals surface area contributed by atoms with Crippen molar-refractivity contribution in [1.29, 1.82) is 0 Å². The van der Waals surface area contributed by atoms with Crippen LogP contribution in [-0.4, -0.2) is 39.9 Å². The Balaban J connectivity index is 1.68. The van der Waals surface area contributed by atoms with Crippen LogP contribution in [0.3, 0.4) is 0 Å². The van der Waals surface area contributed by atoms with Crippen LogP contribution in [-0.2, 0) is 6.54 Å². The monoisotopic (exact) mass is 415 g/mol. The number of hydrogen-bond donors (Lipinski definition) is 1. The van der Waals surface area contributed by atoms with Gasteiger partial charge in [-0.25, -0.2) is 0 Å². The number of benzene rings is 2. The number of aromatic nitrogens is 4. The van der Waals surface area contributed by atoms with Gasteiger partial charge in [0.15, 0.2) is 5.82 Å². The molecule has 31 heavy (non-hydrogen) atoms. The van der Waals surface area contributed by atoms with Crippen LogP contribution in [0.2, 0.25) is 0 Å². The molecule has 2 heterocycles. The Morgan fingerprint density at radius 1 is 1.00 bits per heavy atom. The summed E-state index contributed by atoms with van der Waals surface area (Å²) in [5.41, 5.74) is 2.10. The minimum absolute atomic E-state index is 0.325. The molecule has 2 aromatic carbocycles. The first kappa shape index (κ1) is 20.1. The van der Waals surface area contributed by atoms with Crippen molar-refractivity contribution in [2.75, 3.05) is 19.5 Å². The second-order valence-corrected chi connectivity index (χ2v) is 6.62. The Morgan fingerprint density at radius 3 is 2.52 bits per heavy atom. The van der Waals surface area contributed by atoms with Gasteiger partial charge in [0.2, 0.25) is 5.95 Å². The van der Waals surface area contributed by atoms with Crippen LogP contribution in [0.1, 0.15) is 15.9 Å². The summed E-state index contributed by atoms with van der Waals surface area (Å²) in [5.74, 6) is 1.61. The van der Waals surface area contributed by atoms with Gasteiger partial charge in [0, 0.05) is 24.5 Å². The largest absolute Gasteiger partial charge is 0.497 e. The van der Waals surface area contributed by atoms with Crippen molar-refractivity contribution in [3.8, 4) is 22.9 Å². The fraction of sp³-hybridized carbons (Fsp3) is 0.130. The van der Waals surface area contributed by atoms with E-state index in [0.717, 1.165) is 11.3 Å². The zero-order valence-electron chi connectivity index (χ0n) is 17.1. The van der Waals surface area contributed by atoms with Crippen molar-refractivity contribution >= 4 is 11.9 Å². The molecule has 156 valence electrons. The lowest BCUT2D eigenvalue weighted by molar-refractivity contribution is 0.0944. The highest BCUT2D eigenvalue weighted by Crippen LogP contribution is 2.23. The number of nitrogens with zero attached hydrogens (tertiary/aromatic N) is 4. The molecule has 0 saturated carbocycles. The van der Waals surface area contributed by atoms with Crippen LogP contribution in [0.4, 0.5) is 5.95 Å². The molecule has 0 atom stereocenters. The van der Waals surface area contributed by atoms with Crippen LogP contribution in [0.5, 0.6) is 11.5 Å². The molecule has 0 bridgehead atoms. The fourth-order valence-electron chi connectivity index (χ4n) is 3.05. The number of pyridine rings is 1. The Bertz CT molecular complexity index is 1170. The summed E-state index contributed by atoms with van der Waals surface area (Å²) in [4.78, 5) is 22.0. The molecule has 0 aliphatic heterocycles. The van der Waals surface area contributed by atoms with E-state index in [1.54, 1.807) is 49.8 Å². The summed E-state index contributed by atoms with van der Waals surface area (Å²) in [6.45, 7) is 0.453. The van der Waals surface area contributed by atoms with Crippen LogP contribution in [0, 0.1) is 0 Å². The maximum Gasteiger partial charge on any atom is 0.285 e. The first-order chi connectivity index (χ1) is 15.2. The van der Waals surface area contributed by atoms with E-state index in [0.29, 0.717) is 35.2 Å². The van der Waals surface area contributed by atoms with Crippen molar-refractivity contribution in [2.45, 2.75) is 6.54 Å². The lowest BCUT2D eigenvalue weighted by Gasteiger charge is -2.10. The average molecular weight is 415 g/mol. The van der Waals surface area contributed by atoms with E-state index in [9.17, 15) is 4.79 Å². The lowest BCUT2D eigenvalue weighted by atomic mass is 10.2. The first-order valence-electron chi connectivity index (χ1n) is 9.61. The third-order valence-electron chi connectivity index (χ3n) is 4.67. The molecule has 0 spiro atoms. The molecule has 1 N–H and O–H groups in total. The van der Waals surface area contributed by atoms with Gasteiger partial charge in [-0.1, -0.05) is 24.3 Å². The molecule has 0 unspecified atom stereocenters. The molecule has 0 aliphatic rings. The maximum absolute atomic E-state index is 13.3. The number of anilines is 1. The molecule has 0 aliphatic carbocycles. The van der Waals surface area contributed by atoms with E-state index in [4.69, 9.17) is 9.47 Å². The van der Waals surface area contributed by atoms with Gasteiger partial charge in [0.05, 0.1) is 19.8 Å². The third kappa shape index (κ3) is 4.37.